The number of nitrogens with zero attached hydrogens (tertiary/aromatic N) is 2. The van der Waals surface area contributed by atoms with Crippen LogP contribution in [0.2, 0.25) is 0 Å². The number of nitrogens with one attached hydrogen (secondary N) is 6. The molecule has 6 N–H and O–H groups in total. The van der Waals surface area contributed by atoms with Gasteiger partial charge in [-0.15, -0.1) is 0 Å². The minimum Gasteiger partial charge on any atom is -0.338 e. The molecule has 4 amide bonds. The Morgan fingerprint density at radius 1 is 0.509 bits per heavy atom. The van der Waals surface area contributed by atoms with Gasteiger partial charge in [0, 0.05) is 36.6 Å². The van der Waals surface area contributed by atoms with Gasteiger partial charge in [-0.1, -0.05) is 163 Å². The lowest BCUT2D eigenvalue weighted by Gasteiger charge is -2.16. The molecule has 324 valence electrons. The molecule has 0 saturated carbocycles. The molecule has 2 heterocycles. The molecule has 2 atom stereocenters. The van der Waals surface area contributed by atoms with E-state index in [1.165, 1.54) is 128 Å². The zero-order valence-corrected chi connectivity index (χ0v) is 36.3. The molecule has 2 rings (SSSR count). The Hall–Kier alpha value is -3.70. The van der Waals surface area contributed by atoms with E-state index in [0.717, 1.165) is 57.8 Å². The van der Waals surface area contributed by atoms with Crippen molar-refractivity contribution in [3.8, 4) is 0 Å². The number of carbonyl (C=O) groups excluding carboxylic acids is 2. The molecule has 0 spiro atoms. The molecular weight excluding hydrogens is 717 g/mol. The summed E-state index contributed by atoms with van der Waals surface area (Å²) in [7, 11) is 0. The van der Waals surface area contributed by atoms with E-state index in [9.17, 15) is 19.2 Å². The minimum atomic E-state index is -0.393. The average molecular weight is 797 g/mol. The molecule has 0 aromatic carbocycles. The van der Waals surface area contributed by atoms with E-state index in [1.54, 1.807) is 0 Å². The van der Waals surface area contributed by atoms with Crippen LogP contribution in [-0.2, 0) is 12.8 Å². The van der Waals surface area contributed by atoms with Gasteiger partial charge in [0.25, 0.3) is 11.1 Å². The van der Waals surface area contributed by atoms with Gasteiger partial charge in [-0.3, -0.25) is 30.2 Å². The van der Waals surface area contributed by atoms with Gasteiger partial charge in [0.1, 0.15) is 0 Å². The number of hydrogen-bond acceptors (Lipinski definition) is 6. The lowest BCUT2D eigenvalue weighted by Crippen LogP contribution is -2.34. The Kier molecular flexibility index (Phi) is 28.0. The van der Waals surface area contributed by atoms with Crippen molar-refractivity contribution >= 4 is 24.0 Å². The zero-order chi connectivity index (χ0) is 41.4. The minimum absolute atomic E-state index is 0.172. The van der Waals surface area contributed by atoms with Gasteiger partial charge in [0.2, 0.25) is 11.9 Å². The van der Waals surface area contributed by atoms with Crippen molar-refractivity contribution in [1.29, 1.82) is 0 Å². The molecule has 12 heteroatoms. The van der Waals surface area contributed by atoms with Crippen LogP contribution in [-0.4, -0.2) is 45.1 Å². The van der Waals surface area contributed by atoms with Crippen molar-refractivity contribution in [2.24, 2.45) is 11.8 Å². The molecule has 0 bridgehead atoms. The Bertz CT molecular complexity index is 1350. The summed E-state index contributed by atoms with van der Waals surface area (Å²) in [6, 6.07) is 2.25. The molecule has 12 nitrogen and oxygen atoms in total. The summed E-state index contributed by atoms with van der Waals surface area (Å²) in [6.45, 7) is 9.66. The van der Waals surface area contributed by atoms with Gasteiger partial charge >= 0.3 is 12.1 Å². The third-order valence-electron chi connectivity index (χ3n) is 10.7. The summed E-state index contributed by atoms with van der Waals surface area (Å²) in [5.41, 5.74) is 0.868. The van der Waals surface area contributed by atoms with Gasteiger partial charge in [0.05, 0.1) is 0 Å². The average Bonchev–Trinajstić information content (AvgIpc) is 3.17. The summed E-state index contributed by atoms with van der Waals surface area (Å²) in [5.74, 6) is 0.841. The fourth-order valence-corrected chi connectivity index (χ4v) is 7.19. The molecule has 0 radical (unpaired) electrons. The van der Waals surface area contributed by atoms with E-state index in [1.807, 2.05) is 0 Å². The van der Waals surface area contributed by atoms with Crippen LogP contribution in [0.3, 0.4) is 0 Å². The van der Waals surface area contributed by atoms with Gasteiger partial charge in [0.15, 0.2) is 0 Å². The summed E-state index contributed by atoms with van der Waals surface area (Å²) >= 11 is 0. The molecule has 2 aromatic heterocycles. The highest BCUT2D eigenvalue weighted by molar-refractivity contribution is 5.87. The quantitative estimate of drug-likeness (QED) is 0.0384. The Balaban J connectivity index is 1.55. The Labute approximate surface area is 344 Å². The molecule has 2 aromatic rings. The highest BCUT2D eigenvalue weighted by Gasteiger charge is 2.12. The van der Waals surface area contributed by atoms with E-state index < -0.39 is 12.1 Å². The second-order valence-corrected chi connectivity index (χ2v) is 16.6. The van der Waals surface area contributed by atoms with Crippen LogP contribution in [0.15, 0.2) is 21.7 Å². The number of hydrogen-bond donors (Lipinski definition) is 6. The number of unbranched alkanes of at least 4 members (excludes halogenated alkanes) is 20. The number of aromatic nitrogens is 4. The molecule has 0 aliphatic carbocycles. The first kappa shape index (κ1) is 49.4. The number of rotatable bonds is 34. The number of aromatic amines is 2. The van der Waals surface area contributed by atoms with Gasteiger partial charge in [-0.05, 0) is 50.4 Å². The van der Waals surface area contributed by atoms with Crippen LogP contribution in [0.25, 0.3) is 0 Å². The van der Waals surface area contributed by atoms with Crippen molar-refractivity contribution in [2.75, 3.05) is 23.7 Å². The molecule has 0 unspecified atom stereocenters. The van der Waals surface area contributed by atoms with Crippen molar-refractivity contribution < 1.29 is 9.59 Å². The Morgan fingerprint density at radius 2 is 0.825 bits per heavy atom. The lowest BCUT2D eigenvalue weighted by atomic mass is 9.98. The third kappa shape index (κ3) is 26.8. The van der Waals surface area contributed by atoms with Gasteiger partial charge in [-0.25, -0.2) is 19.6 Å². The summed E-state index contributed by atoms with van der Waals surface area (Å²) in [4.78, 5) is 63.7. The molecule has 0 aliphatic rings. The number of amides is 4. The lowest BCUT2D eigenvalue weighted by molar-refractivity contribution is 0.249. The predicted molar refractivity (Wildman–Crippen MR) is 236 cm³/mol. The maximum atomic E-state index is 12.6. The smallest absolute Gasteiger partial charge is 0.321 e. The monoisotopic (exact) mass is 797 g/mol. The van der Waals surface area contributed by atoms with Crippen LogP contribution >= 0.6 is 0 Å². The van der Waals surface area contributed by atoms with Crippen LogP contribution in [0.5, 0.6) is 0 Å². The van der Waals surface area contributed by atoms with Crippen LogP contribution < -0.4 is 32.4 Å². The summed E-state index contributed by atoms with van der Waals surface area (Å²) in [5, 5.41) is 11.1. The van der Waals surface area contributed by atoms with Crippen molar-refractivity contribution in [3.63, 3.8) is 0 Å². The van der Waals surface area contributed by atoms with E-state index >= 15 is 0 Å². The van der Waals surface area contributed by atoms with Crippen molar-refractivity contribution in [1.82, 2.24) is 30.6 Å². The van der Waals surface area contributed by atoms with Crippen molar-refractivity contribution in [3.05, 3.63) is 44.2 Å². The fraction of sp³-hybridized carbons (Fsp3) is 0.778. The Morgan fingerprint density at radius 3 is 1.16 bits per heavy atom. The molecular formula is C45H80N8O4. The third-order valence-corrected chi connectivity index (χ3v) is 10.7. The number of carbonyl (C=O) groups is 2. The predicted octanol–water partition coefficient (Wildman–Crippen LogP) is 10.9. The normalized spacial score (nSPS) is 12.3. The summed E-state index contributed by atoms with van der Waals surface area (Å²) in [6.07, 6.45) is 32.0. The number of aryl methyl sites for hydroxylation is 2. The number of H-pyrrole nitrogens is 2. The molecule has 0 fully saturated rings. The first-order valence-corrected chi connectivity index (χ1v) is 23.0. The molecule has 0 aliphatic heterocycles. The van der Waals surface area contributed by atoms with Crippen LogP contribution in [0, 0.1) is 11.8 Å². The van der Waals surface area contributed by atoms with Gasteiger partial charge in [-0.2, -0.15) is 0 Å². The van der Waals surface area contributed by atoms with Crippen LogP contribution in [0.4, 0.5) is 21.5 Å². The topological polar surface area (TPSA) is 174 Å². The standard InChI is InChI=1S/C45H80N8O4/c1-5-7-9-11-13-15-17-19-21-23-25-30-38-32-40(54)50-42(48-38)52-44(56)46-34-36(3)28-27-29-37(4)35-47-45(57)53-43-49-39(33-41(55)51-43)31-26-24-22-20-18-16-14-12-10-8-6-2/h32-33,36-37H,5-31,34-35H2,1-4H3,(H3,46,48,50,52,54,56)(H3,47,49,51,53,55,57)/t36-,37-/m0/s1. The zero-order valence-electron chi connectivity index (χ0n) is 36.3. The fourth-order valence-electron chi connectivity index (χ4n) is 7.19. The van der Waals surface area contributed by atoms with E-state index in [-0.39, 0.29) is 34.9 Å². The first-order valence-electron chi connectivity index (χ1n) is 23.0. The van der Waals surface area contributed by atoms with E-state index in [0.29, 0.717) is 24.5 Å². The highest BCUT2D eigenvalue weighted by Crippen LogP contribution is 2.15. The van der Waals surface area contributed by atoms with Crippen LogP contribution in [0.1, 0.15) is 200 Å². The number of urea groups is 2. The molecule has 0 saturated heterocycles. The second kappa shape index (κ2) is 32.3. The van der Waals surface area contributed by atoms with E-state index in [4.69, 9.17) is 0 Å². The maximum Gasteiger partial charge on any atom is 0.321 e. The SMILES string of the molecule is CCCCCCCCCCCCCc1cc(=O)[nH]c(NC(=O)NC[C@@H](C)CCC[C@H](C)CNC(=O)Nc2nc(CCCCCCCCCCCCC)cc(=O)[nH]2)n1. The maximum absolute atomic E-state index is 12.6. The van der Waals surface area contributed by atoms with E-state index in [2.05, 4.69) is 68.9 Å². The van der Waals surface area contributed by atoms with Crippen molar-refractivity contribution in [2.45, 2.75) is 201 Å². The number of anilines is 2. The summed E-state index contributed by atoms with van der Waals surface area (Å²) < 4.78 is 0. The highest BCUT2D eigenvalue weighted by atomic mass is 16.2. The molecule has 57 heavy (non-hydrogen) atoms. The second-order valence-electron chi connectivity index (χ2n) is 16.6. The largest absolute Gasteiger partial charge is 0.338 e. The first-order chi connectivity index (χ1) is 27.7. The van der Waals surface area contributed by atoms with Gasteiger partial charge < -0.3 is 10.6 Å².